The highest BCUT2D eigenvalue weighted by atomic mass is 79.9. The van der Waals surface area contributed by atoms with Gasteiger partial charge in [-0.25, -0.2) is 4.79 Å². The molecule has 0 bridgehead atoms. The van der Waals surface area contributed by atoms with E-state index in [1.807, 2.05) is 0 Å². The van der Waals surface area contributed by atoms with Gasteiger partial charge in [-0.1, -0.05) is 0 Å². The van der Waals surface area contributed by atoms with Crippen molar-refractivity contribution in [1.29, 1.82) is 0 Å². The number of nitrogens with zero attached hydrogens (tertiary/aromatic N) is 1. The summed E-state index contributed by atoms with van der Waals surface area (Å²) in [6.07, 6.45) is 0. The van der Waals surface area contributed by atoms with Crippen LogP contribution in [0, 0.1) is 10.1 Å². The maximum atomic E-state index is 11.5. The van der Waals surface area contributed by atoms with Gasteiger partial charge in [0.1, 0.15) is 11.3 Å². The molecule has 0 saturated heterocycles. The normalized spacial score (nSPS) is 9.88. The Labute approximate surface area is 99.7 Å². The molecule has 0 heterocycles. The van der Waals surface area contributed by atoms with Gasteiger partial charge in [0.05, 0.1) is 11.5 Å². The number of carbonyl (C=O) groups excluding carboxylic acids is 1. The maximum Gasteiger partial charge on any atom is 0.341 e. The lowest BCUT2D eigenvalue weighted by Crippen LogP contribution is -2.10. The minimum Gasteiger partial charge on any atom is -0.462 e. The van der Waals surface area contributed by atoms with Crippen LogP contribution in [0.25, 0.3) is 0 Å². The summed E-state index contributed by atoms with van der Waals surface area (Å²) in [6.45, 7) is 1.81. The van der Waals surface area contributed by atoms with Gasteiger partial charge >= 0.3 is 5.97 Å². The van der Waals surface area contributed by atoms with Gasteiger partial charge < -0.3 is 10.5 Å². The molecule has 0 saturated carbocycles. The van der Waals surface area contributed by atoms with Crippen molar-refractivity contribution in [1.82, 2.24) is 0 Å². The molecular formula is C9H9BrN2O4. The van der Waals surface area contributed by atoms with E-state index in [-0.39, 0.29) is 23.5 Å². The van der Waals surface area contributed by atoms with Crippen LogP contribution in [0.5, 0.6) is 0 Å². The molecule has 0 radical (unpaired) electrons. The summed E-state index contributed by atoms with van der Waals surface area (Å²) in [7, 11) is 0. The SMILES string of the molecule is CCOC(=O)c1c(Br)ccc([N+](=O)[O-])c1N. The van der Waals surface area contributed by atoms with Gasteiger partial charge in [-0.05, 0) is 28.9 Å². The molecule has 1 aromatic rings. The van der Waals surface area contributed by atoms with E-state index in [0.717, 1.165) is 0 Å². The first-order valence-corrected chi connectivity index (χ1v) is 5.17. The highest BCUT2D eigenvalue weighted by molar-refractivity contribution is 9.10. The van der Waals surface area contributed by atoms with Crippen molar-refractivity contribution >= 4 is 33.3 Å². The number of nitro groups is 1. The number of nitro benzene ring substituents is 1. The van der Waals surface area contributed by atoms with Gasteiger partial charge in [-0.2, -0.15) is 0 Å². The molecule has 0 aliphatic heterocycles. The van der Waals surface area contributed by atoms with Crippen molar-refractivity contribution in [3.63, 3.8) is 0 Å². The molecular weight excluding hydrogens is 280 g/mol. The first-order valence-electron chi connectivity index (χ1n) is 4.38. The Morgan fingerprint density at radius 3 is 2.75 bits per heavy atom. The van der Waals surface area contributed by atoms with Crippen molar-refractivity contribution in [3.05, 3.63) is 32.3 Å². The standard InChI is InChI=1S/C9H9BrN2O4/c1-2-16-9(13)7-5(10)3-4-6(8(7)11)12(14)15/h3-4H,2,11H2,1H3. The van der Waals surface area contributed by atoms with Crippen LogP contribution in [0.1, 0.15) is 17.3 Å². The average molecular weight is 289 g/mol. The van der Waals surface area contributed by atoms with Gasteiger partial charge in [-0.15, -0.1) is 0 Å². The molecule has 0 amide bonds. The van der Waals surface area contributed by atoms with Crippen molar-refractivity contribution in [3.8, 4) is 0 Å². The van der Waals surface area contributed by atoms with Gasteiger partial charge in [0.25, 0.3) is 5.69 Å². The maximum absolute atomic E-state index is 11.5. The van der Waals surface area contributed by atoms with Crippen LogP contribution in [-0.4, -0.2) is 17.5 Å². The third-order valence-corrected chi connectivity index (χ3v) is 2.51. The molecule has 0 atom stereocenters. The lowest BCUT2D eigenvalue weighted by molar-refractivity contribution is -0.383. The minimum atomic E-state index is -0.685. The quantitative estimate of drug-likeness (QED) is 0.398. The Bertz CT molecular complexity index is 447. The molecule has 7 heteroatoms. The zero-order valence-corrected chi connectivity index (χ0v) is 9.98. The number of benzene rings is 1. The Kier molecular flexibility index (Phi) is 3.83. The number of carbonyl (C=O) groups is 1. The third kappa shape index (κ3) is 2.30. The zero-order chi connectivity index (χ0) is 12.3. The highest BCUT2D eigenvalue weighted by Crippen LogP contribution is 2.31. The van der Waals surface area contributed by atoms with Crippen molar-refractivity contribution < 1.29 is 14.5 Å². The van der Waals surface area contributed by atoms with E-state index in [1.165, 1.54) is 12.1 Å². The summed E-state index contributed by atoms with van der Waals surface area (Å²) in [4.78, 5) is 21.5. The number of anilines is 1. The van der Waals surface area contributed by atoms with E-state index >= 15 is 0 Å². The fourth-order valence-electron chi connectivity index (χ4n) is 1.15. The first-order chi connectivity index (χ1) is 7.49. The molecule has 0 unspecified atom stereocenters. The molecule has 0 aliphatic rings. The third-order valence-electron chi connectivity index (χ3n) is 1.85. The molecule has 86 valence electrons. The molecule has 16 heavy (non-hydrogen) atoms. The number of rotatable bonds is 3. The van der Waals surface area contributed by atoms with Crippen LogP contribution in [0.15, 0.2) is 16.6 Å². The van der Waals surface area contributed by atoms with Crippen LogP contribution < -0.4 is 5.73 Å². The van der Waals surface area contributed by atoms with Crippen LogP contribution in [-0.2, 0) is 4.74 Å². The van der Waals surface area contributed by atoms with E-state index in [1.54, 1.807) is 6.92 Å². The summed E-state index contributed by atoms with van der Waals surface area (Å²) >= 11 is 3.10. The van der Waals surface area contributed by atoms with Gasteiger partial charge in [0.15, 0.2) is 0 Å². The topological polar surface area (TPSA) is 95.5 Å². The van der Waals surface area contributed by atoms with Crippen molar-refractivity contribution in [2.24, 2.45) is 0 Å². The smallest absolute Gasteiger partial charge is 0.341 e. The number of nitrogen functional groups attached to an aromatic ring is 1. The van der Waals surface area contributed by atoms with E-state index in [9.17, 15) is 14.9 Å². The van der Waals surface area contributed by atoms with Crippen LogP contribution in [0.4, 0.5) is 11.4 Å². The number of esters is 1. The molecule has 0 spiro atoms. The number of hydrogen-bond donors (Lipinski definition) is 1. The largest absolute Gasteiger partial charge is 0.462 e. The first kappa shape index (κ1) is 12.4. The summed E-state index contributed by atoms with van der Waals surface area (Å²) in [5.74, 6) is -0.685. The van der Waals surface area contributed by atoms with E-state index in [2.05, 4.69) is 15.9 Å². The van der Waals surface area contributed by atoms with Crippen LogP contribution >= 0.6 is 15.9 Å². The van der Waals surface area contributed by atoms with Crippen LogP contribution in [0.3, 0.4) is 0 Å². The molecule has 0 fully saturated rings. The molecule has 1 aromatic carbocycles. The molecule has 0 aliphatic carbocycles. The Balaban J connectivity index is 3.31. The van der Waals surface area contributed by atoms with Crippen molar-refractivity contribution in [2.45, 2.75) is 6.92 Å². The Hall–Kier alpha value is -1.63. The predicted molar refractivity (Wildman–Crippen MR) is 61.2 cm³/mol. The number of halogens is 1. The lowest BCUT2D eigenvalue weighted by Gasteiger charge is -2.07. The number of hydrogen-bond acceptors (Lipinski definition) is 5. The minimum absolute atomic E-state index is 0.0175. The molecule has 6 nitrogen and oxygen atoms in total. The second kappa shape index (κ2) is 4.93. The summed E-state index contributed by atoms with van der Waals surface area (Å²) in [6, 6.07) is 2.61. The molecule has 2 N–H and O–H groups in total. The summed E-state index contributed by atoms with van der Waals surface area (Å²) in [5.41, 5.74) is 5.02. The zero-order valence-electron chi connectivity index (χ0n) is 8.40. The monoisotopic (exact) mass is 288 g/mol. The van der Waals surface area contributed by atoms with E-state index < -0.39 is 10.9 Å². The Morgan fingerprint density at radius 2 is 2.25 bits per heavy atom. The fraction of sp³-hybridized carbons (Fsp3) is 0.222. The molecule has 0 aromatic heterocycles. The van der Waals surface area contributed by atoms with Crippen LogP contribution in [0.2, 0.25) is 0 Å². The second-order valence-electron chi connectivity index (χ2n) is 2.83. The van der Waals surface area contributed by atoms with Gasteiger partial charge in [0.2, 0.25) is 0 Å². The highest BCUT2D eigenvalue weighted by Gasteiger charge is 2.23. The number of nitrogens with two attached hydrogens (primary N) is 1. The summed E-state index contributed by atoms with van der Waals surface area (Å²) in [5, 5.41) is 10.6. The fourth-order valence-corrected chi connectivity index (χ4v) is 1.66. The number of ether oxygens (including phenoxy) is 1. The molecule has 1 rings (SSSR count). The lowest BCUT2D eigenvalue weighted by atomic mass is 10.1. The van der Waals surface area contributed by atoms with Gasteiger partial charge in [-0.3, -0.25) is 10.1 Å². The Morgan fingerprint density at radius 1 is 1.62 bits per heavy atom. The predicted octanol–water partition coefficient (Wildman–Crippen LogP) is 2.12. The van der Waals surface area contributed by atoms with Crippen molar-refractivity contribution in [2.75, 3.05) is 12.3 Å². The van der Waals surface area contributed by atoms with E-state index in [0.29, 0.717) is 4.47 Å². The summed E-state index contributed by atoms with van der Waals surface area (Å²) < 4.78 is 5.12. The average Bonchev–Trinajstić information content (AvgIpc) is 2.17. The van der Waals surface area contributed by atoms with E-state index in [4.69, 9.17) is 10.5 Å². The van der Waals surface area contributed by atoms with Gasteiger partial charge in [0, 0.05) is 10.5 Å². The second-order valence-corrected chi connectivity index (χ2v) is 3.69.